The first-order valence-corrected chi connectivity index (χ1v) is 9.41. The highest BCUT2D eigenvalue weighted by Gasteiger charge is 2.15. The van der Waals surface area contributed by atoms with Crippen molar-refractivity contribution in [3.05, 3.63) is 73.9 Å². The molecule has 0 radical (unpaired) electrons. The van der Waals surface area contributed by atoms with Crippen LogP contribution in [-0.2, 0) is 6.54 Å². The van der Waals surface area contributed by atoms with E-state index in [0.717, 1.165) is 22.5 Å². The van der Waals surface area contributed by atoms with Crippen molar-refractivity contribution in [2.24, 2.45) is 5.10 Å². The second-order valence-corrected chi connectivity index (χ2v) is 7.28. The van der Waals surface area contributed by atoms with Gasteiger partial charge in [-0.3, -0.25) is 9.48 Å². The Labute approximate surface area is 173 Å². The lowest BCUT2D eigenvalue weighted by molar-refractivity contribution is 0.0953. The van der Waals surface area contributed by atoms with Gasteiger partial charge in [0.15, 0.2) is 0 Å². The van der Waals surface area contributed by atoms with Gasteiger partial charge < -0.3 is 4.42 Å². The number of hydrogen-bond donors (Lipinski definition) is 1. The first-order valence-electron chi connectivity index (χ1n) is 8.65. The van der Waals surface area contributed by atoms with Crippen molar-refractivity contribution in [3.8, 4) is 0 Å². The molecule has 0 unspecified atom stereocenters. The molecule has 0 atom stereocenters. The highest BCUT2D eigenvalue weighted by atomic mass is 35.5. The van der Waals surface area contributed by atoms with Crippen molar-refractivity contribution in [1.29, 1.82) is 0 Å². The highest BCUT2D eigenvalue weighted by molar-refractivity contribution is 6.35. The average molecular weight is 419 g/mol. The van der Waals surface area contributed by atoms with E-state index >= 15 is 0 Å². The zero-order chi connectivity index (χ0) is 20.4. The first kappa shape index (κ1) is 20.2. The summed E-state index contributed by atoms with van der Waals surface area (Å²) in [6.45, 7) is 7.78. The lowest BCUT2D eigenvalue weighted by atomic mass is 10.2. The van der Waals surface area contributed by atoms with E-state index in [0.29, 0.717) is 33.7 Å². The van der Waals surface area contributed by atoms with Crippen LogP contribution >= 0.6 is 23.2 Å². The van der Waals surface area contributed by atoms with E-state index < -0.39 is 0 Å². The molecular weight excluding hydrogens is 399 g/mol. The van der Waals surface area contributed by atoms with Gasteiger partial charge in [0.05, 0.1) is 24.0 Å². The molecule has 1 N–H and O–H groups in total. The number of rotatable bonds is 5. The maximum Gasteiger partial charge on any atom is 0.274 e. The zero-order valence-electron chi connectivity index (χ0n) is 16.0. The van der Waals surface area contributed by atoms with Crippen LogP contribution in [0, 0.1) is 27.7 Å². The maximum atomic E-state index is 12.2. The predicted molar refractivity (Wildman–Crippen MR) is 111 cm³/mol. The molecular formula is C20H20Cl2N4O2. The van der Waals surface area contributed by atoms with Crippen LogP contribution < -0.4 is 5.43 Å². The van der Waals surface area contributed by atoms with Crippen LogP contribution in [0.3, 0.4) is 0 Å². The van der Waals surface area contributed by atoms with E-state index in [1.807, 2.05) is 18.5 Å². The third-order valence-electron chi connectivity index (χ3n) is 4.45. The molecule has 0 saturated carbocycles. The van der Waals surface area contributed by atoms with Crippen molar-refractivity contribution in [2.75, 3.05) is 0 Å². The summed E-state index contributed by atoms with van der Waals surface area (Å²) in [6, 6.07) is 7.08. The van der Waals surface area contributed by atoms with Gasteiger partial charge in [-0.15, -0.1) is 0 Å². The molecule has 0 saturated heterocycles. The molecule has 3 aromatic rings. The summed E-state index contributed by atoms with van der Waals surface area (Å²) in [7, 11) is 0. The van der Waals surface area contributed by atoms with E-state index in [1.165, 1.54) is 0 Å². The Balaban J connectivity index is 1.77. The molecule has 2 aromatic heterocycles. The van der Waals surface area contributed by atoms with Gasteiger partial charge in [0.1, 0.15) is 11.5 Å². The standard InChI is InChI=1S/C20H20Cl2N4O2/c1-11-8-15(14(4)28-11)20(27)24-23-9-16-12(2)25-26(13(16)3)10-17-18(21)6-5-7-19(17)22/h5-9H,10H2,1-4H3,(H,24,27)/b23-9-. The second kappa shape index (κ2) is 8.20. The number of benzene rings is 1. The first-order chi connectivity index (χ1) is 13.3. The summed E-state index contributed by atoms with van der Waals surface area (Å²) in [6.07, 6.45) is 1.59. The van der Waals surface area contributed by atoms with Crippen molar-refractivity contribution in [3.63, 3.8) is 0 Å². The largest absolute Gasteiger partial charge is 0.466 e. The predicted octanol–water partition coefficient (Wildman–Crippen LogP) is 4.83. The number of halogens is 2. The normalized spacial score (nSPS) is 11.4. The monoisotopic (exact) mass is 418 g/mol. The van der Waals surface area contributed by atoms with Crippen LogP contribution in [0.25, 0.3) is 0 Å². The fraction of sp³-hybridized carbons (Fsp3) is 0.250. The van der Waals surface area contributed by atoms with Gasteiger partial charge in [0.2, 0.25) is 0 Å². The molecule has 0 aliphatic carbocycles. The molecule has 28 heavy (non-hydrogen) atoms. The lowest BCUT2D eigenvalue weighted by Gasteiger charge is -2.08. The molecule has 1 amide bonds. The van der Waals surface area contributed by atoms with Gasteiger partial charge in [-0.2, -0.15) is 10.2 Å². The van der Waals surface area contributed by atoms with E-state index in [1.54, 1.807) is 44.3 Å². The van der Waals surface area contributed by atoms with Gasteiger partial charge in [-0.05, 0) is 45.9 Å². The topological polar surface area (TPSA) is 72.4 Å². The third kappa shape index (κ3) is 4.13. The molecule has 6 nitrogen and oxygen atoms in total. The summed E-state index contributed by atoms with van der Waals surface area (Å²) in [5.74, 6) is 0.913. The average Bonchev–Trinajstić information content (AvgIpc) is 3.10. The van der Waals surface area contributed by atoms with Crippen molar-refractivity contribution < 1.29 is 9.21 Å². The van der Waals surface area contributed by atoms with Crippen molar-refractivity contribution >= 4 is 35.3 Å². The van der Waals surface area contributed by atoms with Gasteiger partial charge in [0.25, 0.3) is 5.91 Å². The molecule has 0 aliphatic heterocycles. The van der Waals surface area contributed by atoms with Gasteiger partial charge in [0, 0.05) is 26.9 Å². The minimum Gasteiger partial charge on any atom is -0.466 e. The van der Waals surface area contributed by atoms with Crippen LogP contribution in [0.1, 0.15) is 44.4 Å². The Morgan fingerprint density at radius 2 is 1.93 bits per heavy atom. The Morgan fingerprint density at radius 3 is 2.54 bits per heavy atom. The van der Waals surface area contributed by atoms with Crippen LogP contribution in [0.5, 0.6) is 0 Å². The maximum absolute atomic E-state index is 12.2. The number of hydrogen-bond acceptors (Lipinski definition) is 4. The van der Waals surface area contributed by atoms with Gasteiger partial charge in [-0.1, -0.05) is 29.3 Å². The zero-order valence-corrected chi connectivity index (χ0v) is 17.5. The summed E-state index contributed by atoms with van der Waals surface area (Å²) in [4.78, 5) is 12.2. The van der Waals surface area contributed by atoms with Crippen LogP contribution in [0.4, 0.5) is 0 Å². The fourth-order valence-corrected chi connectivity index (χ4v) is 3.47. The molecule has 0 aliphatic rings. The number of hydrazone groups is 1. The minimum atomic E-state index is -0.323. The SMILES string of the molecule is Cc1cc(C(=O)N/N=C\c2c(C)nn(Cc3c(Cl)cccc3Cl)c2C)c(C)o1. The molecule has 0 bridgehead atoms. The van der Waals surface area contributed by atoms with Crippen molar-refractivity contribution in [2.45, 2.75) is 34.2 Å². The molecule has 8 heteroatoms. The third-order valence-corrected chi connectivity index (χ3v) is 5.16. The number of aryl methyl sites for hydroxylation is 3. The molecule has 146 valence electrons. The number of nitrogens with zero attached hydrogens (tertiary/aromatic N) is 3. The lowest BCUT2D eigenvalue weighted by Crippen LogP contribution is -2.17. The Bertz CT molecular complexity index is 1050. The molecule has 1 aromatic carbocycles. The Morgan fingerprint density at radius 1 is 1.25 bits per heavy atom. The Hall–Kier alpha value is -2.57. The van der Waals surface area contributed by atoms with E-state index in [9.17, 15) is 4.79 Å². The van der Waals surface area contributed by atoms with E-state index in [-0.39, 0.29) is 5.91 Å². The fourth-order valence-electron chi connectivity index (χ4n) is 2.96. The van der Waals surface area contributed by atoms with Crippen molar-refractivity contribution in [1.82, 2.24) is 15.2 Å². The van der Waals surface area contributed by atoms with E-state index in [4.69, 9.17) is 27.6 Å². The molecule has 0 fully saturated rings. The molecule has 2 heterocycles. The summed E-state index contributed by atoms with van der Waals surface area (Å²) in [5, 5.41) is 9.80. The molecule has 3 rings (SSSR count). The van der Waals surface area contributed by atoms with E-state index in [2.05, 4.69) is 15.6 Å². The summed E-state index contributed by atoms with van der Waals surface area (Å²) < 4.78 is 7.18. The minimum absolute atomic E-state index is 0.323. The van der Waals surface area contributed by atoms with Gasteiger partial charge in [-0.25, -0.2) is 5.43 Å². The number of carbonyl (C=O) groups is 1. The number of carbonyl (C=O) groups excluding carboxylic acids is 1. The Kier molecular flexibility index (Phi) is 5.91. The van der Waals surface area contributed by atoms with Crippen LogP contribution in [0.2, 0.25) is 10.0 Å². The second-order valence-electron chi connectivity index (χ2n) is 6.47. The molecule has 0 spiro atoms. The number of furan rings is 1. The van der Waals surface area contributed by atoms with Gasteiger partial charge >= 0.3 is 0 Å². The number of amides is 1. The quantitative estimate of drug-likeness (QED) is 0.476. The highest BCUT2D eigenvalue weighted by Crippen LogP contribution is 2.26. The van der Waals surface area contributed by atoms with Crippen LogP contribution in [-0.4, -0.2) is 21.9 Å². The van der Waals surface area contributed by atoms with Crippen LogP contribution in [0.15, 0.2) is 33.8 Å². The smallest absolute Gasteiger partial charge is 0.274 e. The number of aromatic nitrogens is 2. The number of nitrogens with one attached hydrogen (secondary N) is 1. The summed E-state index contributed by atoms with van der Waals surface area (Å²) >= 11 is 12.5. The summed E-state index contributed by atoms with van der Waals surface area (Å²) in [5.41, 5.74) is 6.29.